The van der Waals surface area contributed by atoms with Crippen LogP contribution in [-0.2, 0) is 0 Å². The number of aromatic nitrogens is 1. The van der Waals surface area contributed by atoms with E-state index in [0.29, 0.717) is 6.04 Å². The molecule has 1 aromatic heterocycles. The van der Waals surface area contributed by atoms with Crippen LogP contribution >= 0.6 is 0 Å². The van der Waals surface area contributed by atoms with Crippen molar-refractivity contribution in [3.05, 3.63) is 28.6 Å². The molecule has 0 saturated heterocycles. The molecule has 16 heavy (non-hydrogen) atoms. The molecule has 1 N–H and O–H groups in total. The Bertz CT molecular complexity index is 401. The number of nitrogens with zero attached hydrogens (tertiary/aromatic N) is 1. The minimum Gasteiger partial charge on any atom is -0.300 e. The summed E-state index contributed by atoms with van der Waals surface area (Å²) in [4.78, 5) is 4.51. The first kappa shape index (κ1) is 12.7. The molecule has 0 aliphatic rings. The van der Waals surface area contributed by atoms with E-state index < -0.39 is 0 Å². The van der Waals surface area contributed by atoms with Crippen LogP contribution in [0.3, 0.4) is 0 Å². The van der Waals surface area contributed by atoms with Gasteiger partial charge in [0.15, 0.2) is 0 Å². The summed E-state index contributed by atoms with van der Waals surface area (Å²) in [6.45, 7) is 11.0. The van der Waals surface area contributed by atoms with Crippen molar-refractivity contribution in [2.45, 2.75) is 40.7 Å². The van der Waals surface area contributed by atoms with Gasteiger partial charge in [0.05, 0.1) is 6.54 Å². The molecule has 2 heteroatoms. The summed E-state index contributed by atoms with van der Waals surface area (Å²) in [5.74, 6) is 5.90. The van der Waals surface area contributed by atoms with Gasteiger partial charge in [-0.25, -0.2) is 0 Å². The fourth-order valence-electron chi connectivity index (χ4n) is 2.08. The monoisotopic (exact) mass is 216 g/mol. The average Bonchev–Trinajstić information content (AvgIpc) is 2.16. The van der Waals surface area contributed by atoms with E-state index in [-0.39, 0.29) is 0 Å². The maximum atomic E-state index is 4.51. The van der Waals surface area contributed by atoms with Crippen LogP contribution in [-0.4, -0.2) is 11.5 Å². The van der Waals surface area contributed by atoms with Gasteiger partial charge in [0.25, 0.3) is 0 Å². The molecule has 1 unspecified atom stereocenters. The second-order valence-electron chi connectivity index (χ2n) is 4.11. The third-order valence-electron chi connectivity index (χ3n) is 2.69. The standard InChI is InChI=1S/C14H20N2/c1-6-7-8-15-12(4)14-10(2)9-11(3)16-13(14)5/h9,12,15H,8H2,1-5H3. The van der Waals surface area contributed by atoms with Crippen molar-refractivity contribution in [1.82, 2.24) is 10.3 Å². The van der Waals surface area contributed by atoms with Gasteiger partial charge in [0.2, 0.25) is 0 Å². The normalized spacial score (nSPS) is 11.8. The predicted octanol–water partition coefficient (Wildman–Crippen LogP) is 2.68. The molecule has 0 bridgehead atoms. The van der Waals surface area contributed by atoms with Crippen molar-refractivity contribution in [1.29, 1.82) is 0 Å². The molecule has 1 heterocycles. The van der Waals surface area contributed by atoms with Crippen LogP contribution in [0.1, 0.15) is 42.4 Å². The first-order chi connectivity index (χ1) is 7.56. The summed E-state index contributed by atoms with van der Waals surface area (Å²) in [5.41, 5.74) is 4.79. The fraction of sp³-hybridized carbons (Fsp3) is 0.500. The van der Waals surface area contributed by atoms with Gasteiger partial charge in [-0.1, -0.05) is 5.92 Å². The molecule has 0 aromatic carbocycles. The van der Waals surface area contributed by atoms with E-state index >= 15 is 0 Å². The third kappa shape index (κ3) is 3.08. The second kappa shape index (κ2) is 5.67. The zero-order valence-electron chi connectivity index (χ0n) is 10.8. The Kier molecular flexibility index (Phi) is 4.52. The largest absolute Gasteiger partial charge is 0.300 e. The molecule has 0 amide bonds. The number of nitrogens with one attached hydrogen (secondary N) is 1. The van der Waals surface area contributed by atoms with Crippen molar-refractivity contribution in [2.24, 2.45) is 0 Å². The van der Waals surface area contributed by atoms with Crippen molar-refractivity contribution < 1.29 is 0 Å². The minimum absolute atomic E-state index is 0.300. The number of hydrogen-bond acceptors (Lipinski definition) is 2. The van der Waals surface area contributed by atoms with Crippen LogP contribution < -0.4 is 5.32 Å². The number of rotatable bonds is 3. The van der Waals surface area contributed by atoms with Gasteiger partial charge < -0.3 is 0 Å². The summed E-state index contributed by atoms with van der Waals surface area (Å²) in [6, 6.07) is 2.43. The molecule has 2 nitrogen and oxygen atoms in total. The number of hydrogen-bond donors (Lipinski definition) is 1. The highest BCUT2D eigenvalue weighted by Crippen LogP contribution is 2.20. The highest BCUT2D eigenvalue weighted by atomic mass is 14.9. The highest BCUT2D eigenvalue weighted by molar-refractivity contribution is 5.33. The molecule has 0 saturated carbocycles. The predicted molar refractivity (Wildman–Crippen MR) is 68.3 cm³/mol. The van der Waals surface area contributed by atoms with Crippen molar-refractivity contribution >= 4 is 0 Å². The molecular formula is C14H20N2. The van der Waals surface area contributed by atoms with Gasteiger partial charge >= 0.3 is 0 Å². The van der Waals surface area contributed by atoms with E-state index in [1.165, 1.54) is 11.1 Å². The van der Waals surface area contributed by atoms with Gasteiger partial charge in [-0.05, 0) is 51.8 Å². The van der Waals surface area contributed by atoms with E-state index in [0.717, 1.165) is 17.9 Å². The van der Waals surface area contributed by atoms with Crippen molar-refractivity contribution in [2.75, 3.05) is 6.54 Å². The van der Waals surface area contributed by atoms with Crippen LogP contribution in [0.2, 0.25) is 0 Å². The molecule has 0 aliphatic heterocycles. The van der Waals surface area contributed by atoms with Gasteiger partial charge in [-0.3, -0.25) is 10.3 Å². The quantitative estimate of drug-likeness (QED) is 0.786. The summed E-state index contributed by atoms with van der Waals surface area (Å²) in [6.07, 6.45) is 0. The Morgan fingerprint density at radius 3 is 2.62 bits per heavy atom. The second-order valence-corrected chi connectivity index (χ2v) is 4.11. The fourth-order valence-corrected chi connectivity index (χ4v) is 2.08. The maximum Gasteiger partial charge on any atom is 0.0581 e. The first-order valence-corrected chi connectivity index (χ1v) is 5.64. The zero-order chi connectivity index (χ0) is 12.1. The van der Waals surface area contributed by atoms with Gasteiger partial charge in [0, 0.05) is 17.4 Å². The van der Waals surface area contributed by atoms with Crippen LogP contribution in [0.5, 0.6) is 0 Å². The Morgan fingerprint density at radius 1 is 1.38 bits per heavy atom. The van der Waals surface area contributed by atoms with E-state index in [9.17, 15) is 0 Å². The Balaban J connectivity index is 2.89. The number of pyridine rings is 1. The number of aryl methyl sites for hydroxylation is 3. The summed E-state index contributed by atoms with van der Waals surface area (Å²) >= 11 is 0. The highest BCUT2D eigenvalue weighted by Gasteiger charge is 2.11. The molecule has 0 radical (unpaired) electrons. The van der Waals surface area contributed by atoms with E-state index in [4.69, 9.17) is 0 Å². The van der Waals surface area contributed by atoms with Crippen LogP contribution in [0, 0.1) is 32.6 Å². The first-order valence-electron chi connectivity index (χ1n) is 5.64. The Hall–Kier alpha value is -1.33. The maximum absolute atomic E-state index is 4.51. The van der Waals surface area contributed by atoms with Gasteiger partial charge in [0.1, 0.15) is 0 Å². The van der Waals surface area contributed by atoms with Crippen molar-refractivity contribution in [3.8, 4) is 11.8 Å². The Labute approximate surface area is 98.5 Å². The molecule has 1 atom stereocenters. The lowest BCUT2D eigenvalue weighted by Gasteiger charge is -2.17. The average molecular weight is 216 g/mol. The molecule has 1 aromatic rings. The SMILES string of the molecule is CC#CCNC(C)c1c(C)cc(C)nc1C. The minimum atomic E-state index is 0.300. The molecule has 0 spiro atoms. The third-order valence-corrected chi connectivity index (χ3v) is 2.69. The molecule has 86 valence electrons. The molecule has 0 aliphatic carbocycles. The van der Waals surface area contributed by atoms with Crippen LogP contribution in [0.25, 0.3) is 0 Å². The van der Waals surface area contributed by atoms with E-state index in [1.807, 2.05) is 13.8 Å². The lowest BCUT2D eigenvalue weighted by Crippen LogP contribution is -2.21. The van der Waals surface area contributed by atoms with Crippen LogP contribution in [0.4, 0.5) is 0 Å². The summed E-state index contributed by atoms with van der Waals surface area (Å²) < 4.78 is 0. The van der Waals surface area contributed by atoms with Crippen molar-refractivity contribution in [3.63, 3.8) is 0 Å². The lowest BCUT2D eigenvalue weighted by atomic mass is 10.0. The topological polar surface area (TPSA) is 24.9 Å². The van der Waals surface area contributed by atoms with Gasteiger partial charge in [-0.15, -0.1) is 5.92 Å². The molecule has 1 rings (SSSR count). The Morgan fingerprint density at radius 2 is 2.06 bits per heavy atom. The summed E-state index contributed by atoms with van der Waals surface area (Å²) in [7, 11) is 0. The lowest BCUT2D eigenvalue weighted by molar-refractivity contribution is 0.612. The smallest absolute Gasteiger partial charge is 0.0581 e. The summed E-state index contributed by atoms with van der Waals surface area (Å²) in [5, 5.41) is 3.39. The van der Waals surface area contributed by atoms with E-state index in [1.54, 1.807) is 0 Å². The molecular weight excluding hydrogens is 196 g/mol. The van der Waals surface area contributed by atoms with Gasteiger partial charge in [-0.2, -0.15) is 0 Å². The molecule has 0 fully saturated rings. The zero-order valence-corrected chi connectivity index (χ0v) is 10.8. The van der Waals surface area contributed by atoms with E-state index in [2.05, 4.69) is 49.0 Å². The van der Waals surface area contributed by atoms with Crippen LogP contribution in [0.15, 0.2) is 6.07 Å².